The summed E-state index contributed by atoms with van der Waals surface area (Å²) in [5.41, 5.74) is -1.32. The van der Waals surface area contributed by atoms with E-state index in [2.05, 4.69) is 9.72 Å². The summed E-state index contributed by atoms with van der Waals surface area (Å²) in [7, 11) is 0. The van der Waals surface area contributed by atoms with Gasteiger partial charge in [0.1, 0.15) is 5.78 Å². The molecule has 11 heteroatoms. The van der Waals surface area contributed by atoms with Gasteiger partial charge in [0.05, 0.1) is 11.0 Å². The number of carbonyl (C=O) groups is 2. The minimum absolute atomic E-state index is 0.0195. The van der Waals surface area contributed by atoms with E-state index in [-0.39, 0.29) is 36.3 Å². The Morgan fingerprint density at radius 3 is 2.87 bits per heavy atom. The Hall–Kier alpha value is -1.85. The number of thioether (sulfide) groups is 1. The molecule has 1 fully saturated rings. The molecule has 1 aliphatic rings. The van der Waals surface area contributed by atoms with Crippen molar-refractivity contribution >= 4 is 35.0 Å². The van der Waals surface area contributed by atoms with Gasteiger partial charge in [-0.3, -0.25) is 4.79 Å². The van der Waals surface area contributed by atoms with Crippen molar-refractivity contribution in [3.63, 3.8) is 0 Å². The van der Waals surface area contributed by atoms with Gasteiger partial charge in [-0.2, -0.15) is 13.8 Å². The van der Waals surface area contributed by atoms with Crippen LogP contribution in [0.1, 0.15) is 45.4 Å². The van der Waals surface area contributed by atoms with Crippen molar-refractivity contribution in [2.45, 2.75) is 55.4 Å². The van der Waals surface area contributed by atoms with Gasteiger partial charge >= 0.3 is 12.2 Å². The average Bonchev–Trinajstić information content (AvgIpc) is 3.26. The van der Waals surface area contributed by atoms with E-state index in [1.807, 2.05) is 6.08 Å². The van der Waals surface area contributed by atoms with Gasteiger partial charge in [0.15, 0.2) is 10.2 Å². The lowest BCUT2D eigenvalue weighted by Gasteiger charge is -2.21. The molecule has 6 nitrogen and oxygen atoms in total. The zero-order valence-corrected chi connectivity index (χ0v) is 18.5. The maximum Gasteiger partial charge on any atom is 0.512 e. The van der Waals surface area contributed by atoms with E-state index in [0.29, 0.717) is 29.4 Å². The zero-order valence-electron chi connectivity index (χ0n) is 16.9. The number of ether oxygens (including phenoxy) is 1. The number of carbonyl (C=O) groups excluding carboxylic acids is 1. The number of hydrogen-bond donors (Lipinski definition) is 2. The predicted molar refractivity (Wildman–Crippen MR) is 111 cm³/mol. The molecule has 0 radical (unpaired) electrons. The van der Waals surface area contributed by atoms with Gasteiger partial charge in [-0.15, -0.1) is 11.3 Å². The minimum Gasteiger partial charge on any atom is -0.449 e. The fourth-order valence-electron chi connectivity index (χ4n) is 3.33. The summed E-state index contributed by atoms with van der Waals surface area (Å²) in [5.74, 6) is -0.838. The number of aromatic nitrogens is 1. The highest BCUT2D eigenvalue weighted by Gasteiger charge is 2.32. The van der Waals surface area contributed by atoms with Crippen LogP contribution < -0.4 is 4.74 Å². The van der Waals surface area contributed by atoms with Gasteiger partial charge in [-0.25, -0.2) is 9.18 Å². The summed E-state index contributed by atoms with van der Waals surface area (Å²) in [5, 5.41) is 20.3. The zero-order chi connectivity index (χ0) is 23.0. The second-order valence-electron chi connectivity index (χ2n) is 7.53. The topological polar surface area (TPSA) is 96.7 Å². The Labute approximate surface area is 186 Å². The van der Waals surface area contributed by atoms with Crippen LogP contribution in [-0.4, -0.2) is 38.5 Å². The highest BCUT2D eigenvalue weighted by molar-refractivity contribution is 8.01. The van der Waals surface area contributed by atoms with Crippen molar-refractivity contribution in [1.82, 2.24) is 4.98 Å². The van der Waals surface area contributed by atoms with Gasteiger partial charge < -0.3 is 14.9 Å². The smallest absolute Gasteiger partial charge is 0.449 e. The maximum atomic E-state index is 12.9. The summed E-state index contributed by atoms with van der Waals surface area (Å²) >= 11 is 2.68. The van der Waals surface area contributed by atoms with Gasteiger partial charge in [-0.05, 0) is 38.5 Å². The number of aliphatic hydroxyl groups is 1. The van der Waals surface area contributed by atoms with Gasteiger partial charge in [-0.1, -0.05) is 23.9 Å². The second kappa shape index (κ2) is 11.7. The molecule has 3 atom stereocenters. The van der Waals surface area contributed by atoms with E-state index < -0.39 is 30.1 Å². The monoisotopic (exact) mass is 479 g/mol. The predicted octanol–water partition coefficient (Wildman–Crippen LogP) is 5.83. The minimum atomic E-state index is -2.36. The van der Waals surface area contributed by atoms with E-state index in [4.69, 9.17) is 5.11 Å². The molecule has 172 valence electrons. The maximum absolute atomic E-state index is 12.9. The van der Waals surface area contributed by atoms with Crippen molar-refractivity contribution in [3.8, 4) is 5.88 Å². The largest absolute Gasteiger partial charge is 0.512 e. The van der Waals surface area contributed by atoms with Crippen LogP contribution >= 0.6 is 23.1 Å². The van der Waals surface area contributed by atoms with Crippen molar-refractivity contribution in [2.24, 2.45) is 11.8 Å². The fourth-order valence-corrected chi connectivity index (χ4v) is 5.14. The quantitative estimate of drug-likeness (QED) is 0.234. The third-order valence-electron chi connectivity index (χ3n) is 4.99. The molecule has 0 saturated heterocycles. The Balaban J connectivity index is 1.82. The lowest BCUT2D eigenvalue weighted by molar-refractivity contribution is -0.121. The van der Waals surface area contributed by atoms with Crippen LogP contribution in [0.25, 0.3) is 0 Å². The molecule has 0 amide bonds. The van der Waals surface area contributed by atoms with E-state index >= 15 is 0 Å². The highest BCUT2D eigenvalue weighted by Crippen LogP contribution is 2.35. The SMILES string of the molecule is CC(O)(C/C=C/[C@H]1CCC(=O)[C@@H]1CCSc1nc(OC(=O)O)cs1)CCC(F)=C(F)F. The molecule has 2 rings (SSSR count). The van der Waals surface area contributed by atoms with E-state index in [0.717, 1.165) is 0 Å². The number of thiazole rings is 1. The summed E-state index contributed by atoms with van der Waals surface area (Å²) in [6, 6.07) is 0. The summed E-state index contributed by atoms with van der Waals surface area (Å²) < 4.78 is 42.4. The van der Waals surface area contributed by atoms with Crippen LogP contribution in [0, 0.1) is 11.8 Å². The molecule has 31 heavy (non-hydrogen) atoms. The first-order valence-electron chi connectivity index (χ1n) is 9.68. The molecule has 1 aromatic heterocycles. The molecular weight excluding hydrogens is 455 g/mol. The highest BCUT2D eigenvalue weighted by atomic mass is 32.2. The molecule has 0 aliphatic heterocycles. The molecule has 0 aromatic carbocycles. The average molecular weight is 480 g/mol. The fraction of sp³-hybridized carbons (Fsp3) is 0.550. The van der Waals surface area contributed by atoms with Crippen LogP contribution in [-0.2, 0) is 4.79 Å². The number of Topliss-reactive ketones (excluding diaryl/α,β-unsaturated/α-hetero) is 1. The van der Waals surface area contributed by atoms with Gasteiger partial charge in [0, 0.05) is 24.5 Å². The van der Waals surface area contributed by atoms with Crippen LogP contribution in [0.5, 0.6) is 5.88 Å². The molecule has 1 aromatic rings. The Kier molecular flexibility index (Phi) is 9.57. The Morgan fingerprint density at radius 2 is 2.19 bits per heavy atom. The number of halogens is 3. The lowest BCUT2D eigenvalue weighted by atomic mass is 9.90. The molecule has 1 saturated carbocycles. The molecule has 0 bridgehead atoms. The van der Waals surface area contributed by atoms with Gasteiger partial charge in [0.25, 0.3) is 0 Å². The summed E-state index contributed by atoms with van der Waals surface area (Å²) in [4.78, 5) is 26.8. The third-order valence-corrected chi connectivity index (χ3v) is 7.02. The molecule has 1 heterocycles. The number of carboxylic acid groups (broad SMARTS) is 1. The summed E-state index contributed by atoms with van der Waals surface area (Å²) in [6.07, 6.45) is 1.12. The number of hydrogen-bond acceptors (Lipinski definition) is 7. The van der Waals surface area contributed by atoms with Crippen molar-refractivity contribution < 1.29 is 37.7 Å². The normalized spacial score (nSPS) is 20.7. The molecule has 1 aliphatic carbocycles. The molecule has 1 unspecified atom stereocenters. The molecular formula is C20H24F3NO5S2. The molecule has 0 spiro atoms. The van der Waals surface area contributed by atoms with Crippen LogP contribution in [0.15, 0.2) is 33.8 Å². The van der Waals surface area contributed by atoms with Crippen molar-refractivity contribution in [3.05, 3.63) is 29.4 Å². The van der Waals surface area contributed by atoms with Crippen LogP contribution in [0.2, 0.25) is 0 Å². The van der Waals surface area contributed by atoms with Crippen LogP contribution in [0.3, 0.4) is 0 Å². The van der Waals surface area contributed by atoms with Crippen LogP contribution in [0.4, 0.5) is 18.0 Å². The Morgan fingerprint density at radius 1 is 1.45 bits per heavy atom. The van der Waals surface area contributed by atoms with E-state index in [9.17, 15) is 27.9 Å². The number of ketones is 1. The first kappa shape index (κ1) is 25.4. The van der Waals surface area contributed by atoms with Crippen molar-refractivity contribution in [2.75, 3.05) is 5.75 Å². The first-order valence-corrected chi connectivity index (χ1v) is 11.5. The second-order valence-corrected chi connectivity index (χ2v) is 9.73. The first-order chi connectivity index (χ1) is 14.6. The number of rotatable bonds is 11. The number of nitrogens with zero attached hydrogens (tertiary/aromatic N) is 1. The van der Waals surface area contributed by atoms with Crippen molar-refractivity contribution in [1.29, 1.82) is 0 Å². The van der Waals surface area contributed by atoms with Gasteiger partial charge in [0.2, 0.25) is 5.88 Å². The molecule has 2 N–H and O–H groups in total. The standard InChI is InChI=1S/C20H24F3NO5S2/c1-20(28,9-6-14(21)17(22)23)8-2-3-12-4-5-15(25)13(12)7-10-30-18-24-16(11-31-18)29-19(26)27/h2-3,11-13,28H,4-10H2,1H3,(H,26,27)/b3-2+/t12-,13+,20?/m0/s1. The third kappa shape index (κ3) is 8.66. The number of allylic oxidation sites excluding steroid dienone is 2. The lowest BCUT2D eigenvalue weighted by Crippen LogP contribution is -2.23. The summed E-state index contributed by atoms with van der Waals surface area (Å²) in [6.45, 7) is 1.46. The van der Waals surface area contributed by atoms with E-state index in [1.165, 1.54) is 35.4 Å². The van der Waals surface area contributed by atoms with E-state index in [1.54, 1.807) is 6.08 Å². The Bertz CT molecular complexity index is 837.